The van der Waals surface area contributed by atoms with Crippen LogP contribution in [-0.2, 0) is 23.9 Å². The maximum Gasteiger partial charge on any atom is 0.418 e. The molecule has 236 valence electrons. The quantitative estimate of drug-likeness (QED) is 0.144. The van der Waals surface area contributed by atoms with Gasteiger partial charge in [0.1, 0.15) is 11.4 Å². The van der Waals surface area contributed by atoms with Gasteiger partial charge in [-0.25, -0.2) is 9.18 Å². The second-order valence-electron chi connectivity index (χ2n) is 11.1. The number of alkyl halides is 3. The number of hydrogen-bond acceptors (Lipinski definition) is 5. The molecular weight excluding hydrogens is 622 g/mol. The fraction of sp³-hybridized carbons (Fsp3) is 0.200. The lowest BCUT2D eigenvalue weighted by Gasteiger charge is -2.36. The van der Waals surface area contributed by atoms with Gasteiger partial charge in [-0.2, -0.15) is 13.2 Å². The van der Waals surface area contributed by atoms with Crippen LogP contribution in [0.2, 0.25) is 5.02 Å². The Kier molecular flexibility index (Phi) is 8.84. The van der Waals surface area contributed by atoms with Crippen molar-refractivity contribution in [2.45, 2.75) is 19.1 Å². The highest BCUT2D eigenvalue weighted by Crippen LogP contribution is 2.37. The molecule has 6 nitrogen and oxygen atoms in total. The van der Waals surface area contributed by atoms with Crippen LogP contribution in [0.3, 0.4) is 0 Å². The van der Waals surface area contributed by atoms with Crippen molar-refractivity contribution in [3.8, 4) is 11.1 Å². The van der Waals surface area contributed by atoms with Gasteiger partial charge < -0.3 is 14.6 Å². The van der Waals surface area contributed by atoms with Gasteiger partial charge in [0.25, 0.3) is 0 Å². The van der Waals surface area contributed by atoms with Crippen molar-refractivity contribution >= 4 is 39.9 Å². The first kappa shape index (κ1) is 31.3. The molecule has 0 spiro atoms. The Labute approximate surface area is 266 Å². The molecule has 1 fully saturated rings. The first-order valence-electron chi connectivity index (χ1n) is 14.6. The molecule has 0 unspecified atom stereocenters. The topological polar surface area (TPSA) is 65.8 Å². The predicted molar refractivity (Wildman–Crippen MR) is 171 cm³/mol. The third-order valence-electron chi connectivity index (χ3n) is 8.02. The normalized spacial score (nSPS) is 14.1. The minimum atomic E-state index is -4.91. The van der Waals surface area contributed by atoms with Crippen molar-refractivity contribution in [1.82, 2.24) is 4.90 Å². The maximum absolute atomic E-state index is 13.6. The summed E-state index contributed by atoms with van der Waals surface area (Å²) >= 11 is 6.69. The van der Waals surface area contributed by atoms with Gasteiger partial charge in [-0.3, -0.25) is 9.69 Å². The van der Waals surface area contributed by atoms with E-state index in [2.05, 4.69) is 27.2 Å². The largest absolute Gasteiger partial charge is 0.422 e. The number of halogens is 5. The number of hydrogen-bond donors (Lipinski definition) is 1. The molecule has 46 heavy (non-hydrogen) atoms. The lowest BCUT2D eigenvalue weighted by atomic mass is 9.94. The van der Waals surface area contributed by atoms with Crippen LogP contribution >= 0.6 is 11.6 Å². The number of piperazine rings is 1. The van der Waals surface area contributed by atoms with Crippen molar-refractivity contribution in [2.24, 2.45) is 0 Å². The number of fused-ring (bicyclic) bond motifs is 1. The smallest absolute Gasteiger partial charge is 0.418 e. The summed E-state index contributed by atoms with van der Waals surface area (Å²) in [7, 11) is 0. The minimum absolute atomic E-state index is 0.0309. The molecule has 5 aromatic rings. The van der Waals surface area contributed by atoms with Gasteiger partial charge in [-0.05, 0) is 47.5 Å². The highest BCUT2D eigenvalue weighted by atomic mass is 35.5. The summed E-state index contributed by atoms with van der Waals surface area (Å²) in [5.41, 5.74) is 0.409. The predicted octanol–water partition coefficient (Wildman–Crippen LogP) is 7.77. The molecule has 1 amide bonds. The third-order valence-corrected chi connectivity index (χ3v) is 8.37. The molecule has 0 radical (unpaired) electrons. The van der Waals surface area contributed by atoms with Crippen molar-refractivity contribution in [3.63, 3.8) is 0 Å². The van der Waals surface area contributed by atoms with Crippen LogP contribution in [0.15, 0.2) is 100 Å². The molecule has 1 aliphatic heterocycles. The Morgan fingerprint density at radius 2 is 1.57 bits per heavy atom. The summed E-state index contributed by atoms with van der Waals surface area (Å²) in [6.45, 7) is 3.80. The van der Waals surface area contributed by atoms with E-state index in [0.717, 1.165) is 43.9 Å². The fourth-order valence-electron chi connectivity index (χ4n) is 5.78. The zero-order valence-electron chi connectivity index (χ0n) is 24.4. The molecule has 0 aliphatic carbocycles. The van der Waals surface area contributed by atoms with E-state index in [9.17, 15) is 27.2 Å². The fourth-order valence-corrected chi connectivity index (χ4v) is 5.99. The van der Waals surface area contributed by atoms with Gasteiger partial charge in [0, 0.05) is 60.4 Å². The van der Waals surface area contributed by atoms with Crippen LogP contribution in [0.5, 0.6) is 0 Å². The molecule has 0 saturated carbocycles. The van der Waals surface area contributed by atoms with E-state index < -0.39 is 41.2 Å². The number of nitrogens with zero attached hydrogens (tertiary/aromatic N) is 2. The van der Waals surface area contributed by atoms with Crippen molar-refractivity contribution in [2.75, 3.05) is 36.4 Å². The van der Waals surface area contributed by atoms with Crippen molar-refractivity contribution in [3.05, 3.63) is 129 Å². The SMILES string of the molecule is O=C(Cc1c(-c2ccccc2)c2cc(CN3CCN(c4ccccc4)CC3)c(Cl)cc2oc1=O)Nc1ccc(F)cc1C(F)(F)F. The van der Waals surface area contributed by atoms with Crippen molar-refractivity contribution < 1.29 is 26.8 Å². The van der Waals surface area contributed by atoms with Crippen LogP contribution in [0.25, 0.3) is 22.1 Å². The Morgan fingerprint density at radius 3 is 2.24 bits per heavy atom. The molecule has 2 heterocycles. The molecule has 4 aromatic carbocycles. The van der Waals surface area contributed by atoms with Gasteiger partial charge >= 0.3 is 11.8 Å². The number of amides is 1. The van der Waals surface area contributed by atoms with E-state index in [0.29, 0.717) is 34.1 Å². The van der Waals surface area contributed by atoms with Gasteiger partial charge in [-0.15, -0.1) is 0 Å². The zero-order valence-corrected chi connectivity index (χ0v) is 25.2. The van der Waals surface area contributed by atoms with E-state index in [1.165, 1.54) is 5.69 Å². The second kappa shape index (κ2) is 13.0. The number of carbonyl (C=O) groups is 1. The number of para-hydroxylation sites is 1. The molecule has 0 bridgehead atoms. The number of carbonyl (C=O) groups excluding carboxylic acids is 1. The summed E-state index contributed by atoms with van der Waals surface area (Å²) in [5.74, 6) is -1.99. The molecule has 0 atom stereocenters. The Morgan fingerprint density at radius 1 is 0.891 bits per heavy atom. The van der Waals surface area contributed by atoms with Crippen LogP contribution < -0.4 is 15.8 Å². The first-order valence-corrected chi connectivity index (χ1v) is 15.0. The Balaban J connectivity index is 1.33. The lowest BCUT2D eigenvalue weighted by Crippen LogP contribution is -2.46. The van der Waals surface area contributed by atoms with Crippen LogP contribution in [0.4, 0.5) is 28.9 Å². The summed E-state index contributed by atoms with van der Waals surface area (Å²) in [6.07, 6.45) is -5.50. The number of rotatable bonds is 7. The van der Waals surface area contributed by atoms with Crippen LogP contribution in [-0.4, -0.2) is 37.0 Å². The first-order chi connectivity index (χ1) is 22.1. The highest BCUT2D eigenvalue weighted by Gasteiger charge is 2.34. The standard InChI is InChI=1S/C35H28ClF4N3O3/c36-29-20-31-26(17-23(29)21-42-13-15-43(16-14-42)25-9-5-2-6-10-25)33(22-7-3-1-4-8-22)27(34(45)46-31)19-32(44)41-30-12-11-24(37)18-28(30)35(38,39)40/h1-12,17-18,20H,13-16,19,21H2,(H,41,44). The summed E-state index contributed by atoms with van der Waals surface area (Å²) in [4.78, 5) is 31.1. The number of anilines is 2. The molecule has 6 rings (SSSR count). The Bertz CT molecular complexity index is 1940. The molecule has 1 aromatic heterocycles. The summed E-state index contributed by atoms with van der Waals surface area (Å²) in [5, 5.41) is 3.15. The number of benzene rings is 4. The molecule has 11 heteroatoms. The Hall–Kier alpha value is -4.67. The van der Waals surface area contributed by atoms with E-state index in [1.807, 2.05) is 24.3 Å². The average Bonchev–Trinajstić information content (AvgIpc) is 3.04. The van der Waals surface area contributed by atoms with Crippen LogP contribution in [0.1, 0.15) is 16.7 Å². The molecule has 1 saturated heterocycles. The molecular formula is C35H28ClF4N3O3. The average molecular weight is 650 g/mol. The lowest BCUT2D eigenvalue weighted by molar-refractivity contribution is -0.137. The highest BCUT2D eigenvalue weighted by molar-refractivity contribution is 6.32. The maximum atomic E-state index is 13.6. The second-order valence-corrected chi connectivity index (χ2v) is 11.5. The molecule has 1 N–H and O–H groups in total. The summed E-state index contributed by atoms with van der Waals surface area (Å²) < 4.78 is 59.9. The van der Waals surface area contributed by atoms with E-state index in [1.54, 1.807) is 36.4 Å². The monoisotopic (exact) mass is 649 g/mol. The summed E-state index contributed by atoms with van der Waals surface area (Å²) in [6, 6.07) is 24.5. The zero-order chi connectivity index (χ0) is 32.4. The van der Waals surface area contributed by atoms with Crippen LogP contribution in [0, 0.1) is 5.82 Å². The van der Waals surface area contributed by atoms with Gasteiger partial charge in [0.2, 0.25) is 5.91 Å². The third kappa shape index (κ3) is 6.78. The van der Waals surface area contributed by atoms with Gasteiger partial charge in [-0.1, -0.05) is 60.1 Å². The minimum Gasteiger partial charge on any atom is -0.422 e. The van der Waals surface area contributed by atoms with Gasteiger partial charge in [0.15, 0.2) is 0 Å². The van der Waals surface area contributed by atoms with Gasteiger partial charge in [0.05, 0.1) is 23.2 Å². The van der Waals surface area contributed by atoms with E-state index in [-0.39, 0.29) is 11.1 Å². The molecule has 1 aliphatic rings. The van der Waals surface area contributed by atoms with Crippen molar-refractivity contribution in [1.29, 1.82) is 0 Å². The van der Waals surface area contributed by atoms with E-state index >= 15 is 0 Å². The number of nitrogens with one attached hydrogen (secondary N) is 1. The van der Waals surface area contributed by atoms with E-state index in [4.69, 9.17) is 16.0 Å².